The molecule has 2 atom stereocenters. The number of piperidine rings is 1. The summed E-state index contributed by atoms with van der Waals surface area (Å²) < 4.78 is 12.8. The molecule has 1 N–H and O–H groups in total. The highest BCUT2D eigenvalue weighted by Crippen LogP contribution is 2.24. The molecule has 1 heterocycles. The molecule has 6 heteroatoms. The molecule has 120 valence electrons. The summed E-state index contributed by atoms with van der Waals surface area (Å²) in [5.74, 6) is -1.15. The number of benzene rings is 1. The van der Waals surface area contributed by atoms with Crippen LogP contribution in [0.4, 0.5) is 4.39 Å². The van der Waals surface area contributed by atoms with Crippen molar-refractivity contribution in [2.24, 2.45) is 11.8 Å². The van der Waals surface area contributed by atoms with E-state index >= 15 is 0 Å². The normalized spacial score (nSPS) is 19.7. The van der Waals surface area contributed by atoms with Gasteiger partial charge in [-0.2, -0.15) is 0 Å². The molecule has 1 aromatic rings. The molecule has 0 spiro atoms. The number of halogens is 1. The lowest BCUT2D eigenvalue weighted by atomic mass is 9.97. The number of carbonyl (C=O) groups is 2. The van der Waals surface area contributed by atoms with Crippen LogP contribution in [0, 0.1) is 17.7 Å². The van der Waals surface area contributed by atoms with Crippen molar-refractivity contribution in [2.45, 2.75) is 24.7 Å². The summed E-state index contributed by atoms with van der Waals surface area (Å²) >= 11 is 1.51. The van der Waals surface area contributed by atoms with E-state index in [0.717, 1.165) is 11.3 Å². The number of rotatable bonds is 5. The molecule has 1 aliphatic rings. The highest BCUT2D eigenvalue weighted by Gasteiger charge is 2.30. The number of hydrogen-bond acceptors (Lipinski definition) is 3. The first-order chi connectivity index (χ1) is 10.5. The Morgan fingerprint density at radius 3 is 2.73 bits per heavy atom. The zero-order valence-electron chi connectivity index (χ0n) is 12.5. The third-order valence-electron chi connectivity index (χ3n) is 3.82. The molecule has 1 amide bonds. The summed E-state index contributed by atoms with van der Waals surface area (Å²) in [7, 11) is 0. The maximum Gasteiger partial charge on any atom is 0.308 e. The predicted molar refractivity (Wildman–Crippen MR) is 83.2 cm³/mol. The minimum atomic E-state index is -0.828. The molecule has 0 radical (unpaired) electrons. The molecule has 0 bridgehead atoms. The molecule has 22 heavy (non-hydrogen) atoms. The fourth-order valence-corrected chi connectivity index (χ4v) is 3.43. The van der Waals surface area contributed by atoms with E-state index in [1.165, 1.54) is 23.9 Å². The van der Waals surface area contributed by atoms with Crippen LogP contribution in [0.2, 0.25) is 0 Å². The second-order valence-corrected chi connectivity index (χ2v) is 6.72. The standard InChI is InChI=1S/C16H20FNO3S/c1-11(10-22-14-6-4-13(17)5-7-14)15(19)18-8-2-3-12(9-18)16(20)21/h4-7,11-12H,2-3,8-10H2,1H3,(H,20,21)/t11?,12-/m0/s1. The van der Waals surface area contributed by atoms with Gasteiger partial charge in [0.2, 0.25) is 5.91 Å². The zero-order valence-corrected chi connectivity index (χ0v) is 13.3. The van der Waals surface area contributed by atoms with E-state index in [-0.39, 0.29) is 17.6 Å². The third-order valence-corrected chi connectivity index (χ3v) is 5.09. The SMILES string of the molecule is CC(CSc1ccc(F)cc1)C(=O)N1CCC[C@H](C(=O)O)C1. The van der Waals surface area contributed by atoms with Crippen molar-refractivity contribution in [1.29, 1.82) is 0 Å². The number of carboxylic acid groups (broad SMARTS) is 1. The van der Waals surface area contributed by atoms with Gasteiger partial charge in [-0.15, -0.1) is 11.8 Å². The van der Waals surface area contributed by atoms with E-state index in [1.807, 2.05) is 6.92 Å². The summed E-state index contributed by atoms with van der Waals surface area (Å²) in [5.41, 5.74) is 0. The summed E-state index contributed by atoms with van der Waals surface area (Å²) in [5, 5.41) is 9.08. The van der Waals surface area contributed by atoms with Crippen LogP contribution >= 0.6 is 11.8 Å². The monoisotopic (exact) mass is 325 g/mol. The zero-order chi connectivity index (χ0) is 16.1. The Labute approximate surface area is 133 Å². The van der Waals surface area contributed by atoms with Crippen molar-refractivity contribution in [3.8, 4) is 0 Å². The number of likely N-dealkylation sites (tertiary alicyclic amines) is 1. The number of amides is 1. The van der Waals surface area contributed by atoms with E-state index in [2.05, 4.69) is 0 Å². The summed E-state index contributed by atoms with van der Waals surface area (Å²) in [4.78, 5) is 26.0. The highest BCUT2D eigenvalue weighted by atomic mass is 32.2. The Morgan fingerprint density at radius 1 is 1.41 bits per heavy atom. The van der Waals surface area contributed by atoms with Crippen molar-refractivity contribution in [2.75, 3.05) is 18.8 Å². The van der Waals surface area contributed by atoms with Gasteiger partial charge in [0.05, 0.1) is 5.92 Å². The molecule has 4 nitrogen and oxygen atoms in total. The Balaban J connectivity index is 1.86. The molecular formula is C16H20FNO3S. The Bertz CT molecular complexity index is 535. The van der Waals surface area contributed by atoms with Crippen LogP contribution in [0.5, 0.6) is 0 Å². The van der Waals surface area contributed by atoms with Crippen LogP contribution in [0.1, 0.15) is 19.8 Å². The summed E-state index contributed by atoms with van der Waals surface area (Å²) in [6.45, 7) is 2.79. The topological polar surface area (TPSA) is 57.6 Å². The van der Waals surface area contributed by atoms with Crippen LogP contribution < -0.4 is 0 Å². The maximum absolute atomic E-state index is 12.8. The third kappa shape index (κ3) is 4.47. The van der Waals surface area contributed by atoms with E-state index in [0.29, 0.717) is 25.3 Å². The van der Waals surface area contributed by atoms with Gasteiger partial charge in [-0.05, 0) is 37.1 Å². The van der Waals surface area contributed by atoms with Crippen LogP contribution in [0.15, 0.2) is 29.2 Å². The van der Waals surface area contributed by atoms with E-state index in [4.69, 9.17) is 5.11 Å². The fraction of sp³-hybridized carbons (Fsp3) is 0.500. The summed E-state index contributed by atoms with van der Waals surface area (Å²) in [6, 6.07) is 6.19. The molecule has 2 rings (SSSR count). The largest absolute Gasteiger partial charge is 0.481 e. The molecule has 0 aromatic heterocycles. The number of carbonyl (C=O) groups excluding carboxylic acids is 1. The van der Waals surface area contributed by atoms with Crippen molar-refractivity contribution >= 4 is 23.6 Å². The number of aliphatic carboxylic acids is 1. The molecular weight excluding hydrogens is 305 g/mol. The molecule has 1 unspecified atom stereocenters. The summed E-state index contributed by atoms with van der Waals surface area (Å²) in [6.07, 6.45) is 1.37. The van der Waals surface area contributed by atoms with Gasteiger partial charge in [-0.3, -0.25) is 9.59 Å². The van der Waals surface area contributed by atoms with Crippen molar-refractivity contribution < 1.29 is 19.1 Å². The van der Waals surface area contributed by atoms with Crippen molar-refractivity contribution in [1.82, 2.24) is 4.90 Å². The molecule has 1 saturated heterocycles. The van der Waals surface area contributed by atoms with E-state index in [9.17, 15) is 14.0 Å². The molecule has 0 saturated carbocycles. The van der Waals surface area contributed by atoms with Gasteiger partial charge in [0.1, 0.15) is 5.82 Å². The Morgan fingerprint density at radius 2 is 2.09 bits per heavy atom. The first kappa shape index (κ1) is 16.8. The van der Waals surface area contributed by atoms with Crippen LogP contribution in [-0.2, 0) is 9.59 Å². The van der Waals surface area contributed by atoms with Gasteiger partial charge in [-0.25, -0.2) is 4.39 Å². The van der Waals surface area contributed by atoms with Gasteiger partial charge in [0.15, 0.2) is 0 Å². The first-order valence-electron chi connectivity index (χ1n) is 7.37. The van der Waals surface area contributed by atoms with Gasteiger partial charge in [-0.1, -0.05) is 6.92 Å². The second-order valence-electron chi connectivity index (χ2n) is 5.63. The number of hydrogen-bond donors (Lipinski definition) is 1. The van der Waals surface area contributed by atoms with Crippen LogP contribution in [0.3, 0.4) is 0 Å². The van der Waals surface area contributed by atoms with Crippen molar-refractivity contribution in [3.05, 3.63) is 30.1 Å². The molecule has 1 aliphatic heterocycles. The minimum absolute atomic E-state index is 0.000520. The highest BCUT2D eigenvalue weighted by molar-refractivity contribution is 7.99. The smallest absolute Gasteiger partial charge is 0.308 e. The lowest BCUT2D eigenvalue weighted by Gasteiger charge is -2.32. The Hall–Kier alpha value is -1.56. The van der Waals surface area contributed by atoms with Crippen LogP contribution in [-0.4, -0.2) is 40.7 Å². The number of thioether (sulfide) groups is 1. The molecule has 1 aromatic carbocycles. The van der Waals surface area contributed by atoms with Gasteiger partial charge >= 0.3 is 5.97 Å². The van der Waals surface area contributed by atoms with E-state index in [1.54, 1.807) is 17.0 Å². The van der Waals surface area contributed by atoms with Gasteiger partial charge in [0, 0.05) is 29.7 Å². The number of nitrogens with zero attached hydrogens (tertiary/aromatic N) is 1. The average Bonchev–Trinajstić information content (AvgIpc) is 2.53. The first-order valence-corrected chi connectivity index (χ1v) is 8.36. The minimum Gasteiger partial charge on any atom is -0.481 e. The number of carboxylic acids is 1. The quantitative estimate of drug-likeness (QED) is 0.846. The van der Waals surface area contributed by atoms with Crippen LogP contribution in [0.25, 0.3) is 0 Å². The Kier molecular flexibility index (Phi) is 5.83. The van der Waals surface area contributed by atoms with E-state index < -0.39 is 11.9 Å². The average molecular weight is 325 g/mol. The lowest BCUT2D eigenvalue weighted by molar-refractivity contribution is -0.146. The molecule has 0 aliphatic carbocycles. The van der Waals surface area contributed by atoms with Crippen molar-refractivity contribution in [3.63, 3.8) is 0 Å². The predicted octanol–water partition coefficient (Wildman–Crippen LogP) is 2.88. The lowest BCUT2D eigenvalue weighted by Crippen LogP contribution is -2.44. The van der Waals surface area contributed by atoms with Gasteiger partial charge in [0.25, 0.3) is 0 Å². The van der Waals surface area contributed by atoms with Gasteiger partial charge < -0.3 is 10.0 Å². The molecule has 1 fully saturated rings. The fourth-order valence-electron chi connectivity index (χ4n) is 2.51. The second kappa shape index (κ2) is 7.63. The maximum atomic E-state index is 12.8.